The van der Waals surface area contributed by atoms with Gasteiger partial charge >= 0.3 is 0 Å². The predicted octanol–water partition coefficient (Wildman–Crippen LogP) is 3.47. The highest BCUT2D eigenvalue weighted by molar-refractivity contribution is 9.10. The molecular weight excluding hydrogens is 362 g/mol. The highest BCUT2D eigenvalue weighted by Gasteiger charge is 2.21. The van der Waals surface area contributed by atoms with Gasteiger partial charge in [-0.15, -0.1) is 0 Å². The van der Waals surface area contributed by atoms with Gasteiger partial charge < -0.3 is 5.11 Å². The summed E-state index contributed by atoms with van der Waals surface area (Å²) in [7, 11) is 0. The van der Waals surface area contributed by atoms with Gasteiger partial charge in [0.05, 0.1) is 16.4 Å². The molecule has 0 bridgehead atoms. The fraction of sp³-hybridized carbons (Fsp3) is 0.333. The molecule has 0 aromatic carbocycles. The first kappa shape index (κ1) is 13.7. The molecule has 1 atom stereocenters. The largest absolute Gasteiger partial charge is 0.382 e. The molecule has 2 heterocycles. The first-order valence-corrected chi connectivity index (χ1v) is 7.10. The molecule has 0 spiro atoms. The maximum Gasteiger partial charge on any atom is 0.123 e. The Balaban J connectivity index is 2.45. The number of hydrogen-bond donors (Lipinski definition) is 1. The van der Waals surface area contributed by atoms with E-state index in [2.05, 4.69) is 41.9 Å². The van der Waals surface area contributed by atoms with Gasteiger partial charge in [0.2, 0.25) is 0 Å². The number of aliphatic hydroxyl groups excluding tert-OH is 1. The third-order valence-electron chi connectivity index (χ3n) is 2.58. The molecule has 1 unspecified atom stereocenters. The van der Waals surface area contributed by atoms with Crippen LogP contribution in [0.3, 0.4) is 0 Å². The average molecular weight is 375 g/mol. The predicted molar refractivity (Wildman–Crippen MR) is 76.3 cm³/mol. The van der Waals surface area contributed by atoms with Gasteiger partial charge in [-0.3, -0.25) is 9.67 Å². The van der Waals surface area contributed by atoms with Crippen molar-refractivity contribution in [2.75, 3.05) is 0 Å². The zero-order valence-electron chi connectivity index (χ0n) is 10.0. The van der Waals surface area contributed by atoms with Gasteiger partial charge in [0.15, 0.2) is 0 Å². The van der Waals surface area contributed by atoms with E-state index in [4.69, 9.17) is 0 Å². The molecule has 18 heavy (non-hydrogen) atoms. The summed E-state index contributed by atoms with van der Waals surface area (Å²) in [5, 5.41) is 14.7. The van der Waals surface area contributed by atoms with Crippen molar-refractivity contribution < 1.29 is 5.11 Å². The number of hydrogen-bond acceptors (Lipinski definition) is 3. The molecule has 0 fully saturated rings. The zero-order valence-corrected chi connectivity index (χ0v) is 13.2. The average Bonchev–Trinajstić information content (AvgIpc) is 2.70. The van der Waals surface area contributed by atoms with Crippen molar-refractivity contribution in [3.8, 4) is 0 Å². The third kappa shape index (κ3) is 2.65. The van der Waals surface area contributed by atoms with Crippen LogP contribution in [-0.4, -0.2) is 19.9 Å². The minimum Gasteiger partial charge on any atom is -0.382 e. The summed E-state index contributed by atoms with van der Waals surface area (Å²) in [6.45, 7) is 4.05. The maximum absolute atomic E-state index is 10.5. The van der Waals surface area contributed by atoms with Crippen molar-refractivity contribution in [2.24, 2.45) is 0 Å². The lowest BCUT2D eigenvalue weighted by molar-refractivity contribution is 0.203. The van der Waals surface area contributed by atoms with Crippen molar-refractivity contribution in [3.63, 3.8) is 0 Å². The van der Waals surface area contributed by atoms with Crippen LogP contribution in [0.5, 0.6) is 0 Å². The Bertz CT molecular complexity index is 554. The van der Waals surface area contributed by atoms with E-state index in [1.54, 1.807) is 23.3 Å². The van der Waals surface area contributed by atoms with Gasteiger partial charge in [-0.25, -0.2) is 0 Å². The summed E-state index contributed by atoms with van der Waals surface area (Å²) in [4.78, 5) is 4.07. The smallest absolute Gasteiger partial charge is 0.123 e. The summed E-state index contributed by atoms with van der Waals surface area (Å²) in [5.41, 5.74) is 1.47. The number of rotatable bonds is 3. The van der Waals surface area contributed by atoms with E-state index in [0.29, 0.717) is 0 Å². The molecule has 0 saturated heterocycles. The second-order valence-corrected chi connectivity index (χ2v) is 6.03. The minimum absolute atomic E-state index is 0.182. The van der Waals surface area contributed by atoms with Crippen LogP contribution < -0.4 is 0 Å². The highest BCUT2D eigenvalue weighted by Crippen LogP contribution is 2.30. The second kappa shape index (κ2) is 5.50. The zero-order chi connectivity index (χ0) is 13.3. The molecule has 2 aromatic rings. The van der Waals surface area contributed by atoms with Gasteiger partial charge in [0.1, 0.15) is 6.10 Å². The number of aromatic nitrogens is 3. The molecular formula is C12H13Br2N3O. The van der Waals surface area contributed by atoms with Crippen molar-refractivity contribution >= 4 is 31.9 Å². The van der Waals surface area contributed by atoms with Gasteiger partial charge in [-0.2, -0.15) is 5.10 Å². The lowest BCUT2D eigenvalue weighted by atomic mass is 10.1. The monoisotopic (exact) mass is 373 g/mol. The number of halogens is 2. The van der Waals surface area contributed by atoms with E-state index in [1.165, 1.54) is 0 Å². The van der Waals surface area contributed by atoms with Crippen molar-refractivity contribution in [1.29, 1.82) is 0 Å². The summed E-state index contributed by atoms with van der Waals surface area (Å²) >= 11 is 6.78. The standard InChI is InChI=1S/C12H13Br2N3O/c1-7(2)17-11(10(14)6-16-17)12(18)8-3-9(13)5-15-4-8/h3-7,12,18H,1-2H3. The fourth-order valence-corrected chi connectivity index (χ4v) is 2.63. The Morgan fingerprint density at radius 2 is 1.94 bits per heavy atom. The Morgan fingerprint density at radius 3 is 2.56 bits per heavy atom. The van der Waals surface area contributed by atoms with Crippen LogP contribution >= 0.6 is 31.9 Å². The molecule has 0 saturated carbocycles. The van der Waals surface area contributed by atoms with Crippen molar-refractivity contribution in [2.45, 2.75) is 26.0 Å². The van der Waals surface area contributed by atoms with E-state index in [1.807, 2.05) is 19.9 Å². The topological polar surface area (TPSA) is 50.9 Å². The summed E-state index contributed by atoms with van der Waals surface area (Å²) in [6, 6.07) is 2.03. The summed E-state index contributed by atoms with van der Waals surface area (Å²) in [5.74, 6) is 0. The van der Waals surface area contributed by atoms with Gasteiger partial charge in [-0.1, -0.05) is 0 Å². The lowest BCUT2D eigenvalue weighted by Crippen LogP contribution is -2.12. The Hall–Kier alpha value is -0.720. The summed E-state index contributed by atoms with van der Waals surface area (Å²) < 4.78 is 3.44. The number of nitrogens with zero attached hydrogens (tertiary/aromatic N) is 3. The minimum atomic E-state index is -0.755. The first-order chi connectivity index (χ1) is 8.50. The van der Waals surface area contributed by atoms with E-state index < -0.39 is 6.10 Å². The molecule has 1 N–H and O–H groups in total. The van der Waals surface area contributed by atoms with Crippen LogP contribution in [0.25, 0.3) is 0 Å². The van der Waals surface area contributed by atoms with E-state index >= 15 is 0 Å². The van der Waals surface area contributed by atoms with Crippen LogP contribution in [0, 0.1) is 0 Å². The van der Waals surface area contributed by atoms with Gasteiger partial charge in [-0.05, 0) is 51.8 Å². The number of pyridine rings is 1. The molecule has 96 valence electrons. The van der Waals surface area contributed by atoms with E-state index in [-0.39, 0.29) is 6.04 Å². The normalized spacial score (nSPS) is 13.0. The highest BCUT2D eigenvalue weighted by atomic mass is 79.9. The van der Waals surface area contributed by atoms with Gasteiger partial charge in [0, 0.05) is 28.5 Å². The van der Waals surface area contributed by atoms with Crippen LogP contribution in [-0.2, 0) is 0 Å². The van der Waals surface area contributed by atoms with E-state index in [0.717, 1.165) is 20.2 Å². The molecule has 2 rings (SSSR count). The first-order valence-electron chi connectivity index (χ1n) is 5.52. The Labute approximate surface area is 122 Å². The maximum atomic E-state index is 10.5. The van der Waals surface area contributed by atoms with E-state index in [9.17, 15) is 5.11 Å². The molecule has 0 aliphatic rings. The second-order valence-electron chi connectivity index (χ2n) is 4.26. The van der Waals surface area contributed by atoms with Gasteiger partial charge in [0.25, 0.3) is 0 Å². The molecule has 0 aliphatic carbocycles. The third-order valence-corrected chi connectivity index (χ3v) is 3.62. The molecule has 6 heteroatoms. The van der Waals surface area contributed by atoms with Crippen LogP contribution in [0.2, 0.25) is 0 Å². The number of aliphatic hydroxyl groups is 1. The Morgan fingerprint density at radius 1 is 1.22 bits per heavy atom. The van der Waals surface area contributed by atoms with Crippen LogP contribution in [0.4, 0.5) is 0 Å². The van der Waals surface area contributed by atoms with Crippen LogP contribution in [0.15, 0.2) is 33.6 Å². The molecule has 2 aromatic heterocycles. The summed E-state index contributed by atoms with van der Waals surface area (Å²) in [6.07, 6.45) is 4.28. The van der Waals surface area contributed by atoms with Crippen molar-refractivity contribution in [3.05, 3.63) is 44.9 Å². The van der Waals surface area contributed by atoms with Crippen LogP contribution in [0.1, 0.15) is 37.3 Å². The molecule has 4 nitrogen and oxygen atoms in total. The molecule has 0 amide bonds. The fourth-order valence-electron chi connectivity index (χ4n) is 1.75. The Kier molecular flexibility index (Phi) is 4.19. The molecule has 0 radical (unpaired) electrons. The quantitative estimate of drug-likeness (QED) is 0.894. The molecule has 0 aliphatic heterocycles. The van der Waals surface area contributed by atoms with Crippen molar-refractivity contribution in [1.82, 2.24) is 14.8 Å². The SMILES string of the molecule is CC(C)n1ncc(Br)c1C(O)c1cncc(Br)c1. The lowest BCUT2D eigenvalue weighted by Gasteiger charge is -2.16.